The lowest BCUT2D eigenvalue weighted by molar-refractivity contribution is -0.122. The van der Waals surface area contributed by atoms with Gasteiger partial charge in [0.25, 0.3) is 5.91 Å². The van der Waals surface area contributed by atoms with E-state index in [1.54, 1.807) is 11.0 Å². The Morgan fingerprint density at radius 3 is 2.32 bits per heavy atom. The lowest BCUT2D eigenvalue weighted by Crippen LogP contribution is -2.51. The minimum Gasteiger partial charge on any atom is -0.352 e. The van der Waals surface area contributed by atoms with Crippen LogP contribution in [0.15, 0.2) is 24.3 Å². The summed E-state index contributed by atoms with van der Waals surface area (Å²) in [6.07, 6.45) is 2.86. The summed E-state index contributed by atoms with van der Waals surface area (Å²) < 4.78 is 36.0. The SMILES string of the molecule is CS(=O)(=O)C1(C(=O)NC2CCN(C(=O)c3ccccc3F)CC2)CC1. The van der Waals surface area contributed by atoms with E-state index >= 15 is 0 Å². The van der Waals surface area contributed by atoms with Crippen molar-refractivity contribution in [3.63, 3.8) is 0 Å². The van der Waals surface area contributed by atoms with Gasteiger partial charge < -0.3 is 10.2 Å². The van der Waals surface area contributed by atoms with E-state index in [2.05, 4.69) is 5.32 Å². The lowest BCUT2D eigenvalue weighted by atomic mass is 10.0. The predicted octanol–water partition coefficient (Wildman–Crippen LogP) is 1.12. The second kappa shape index (κ2) is 6.40. The maximum absolute atomic E-state index is 13.7. The molecule has 3 rings (SSSR count). The van der Waals surface area contributed by atoms with Crippen LogP contribution in [-0.4, -0.2) is 55.3 Å². The largest absolute Gasteiger partial charge is 0.352 e. The summed E-state index contributed by atoms with van der Waals surface area (Å²) in [6.45, 7) is 0.786. The quantitative estimate of drug-likeness (QED) is 0.863. The van der Waals surface area contributed by atoms with Crippen molar-refractivity contribution < 1.29 is 22.4 Å². The number of nitrogens with one attached hydrogen (secondary N) is 1. The zero-order chi connectivity index (χ0) is 18.2. The summed E-state index contributed by atoms with van der Waals surface area (Å²) in [5, 5.41) is 2.81. The fraction of sp³-hybridized carbons (Fsp3) is 0.529. The van der Waals surface area contributed by atoms with Crippen LogP contribution in [0.5, 0.6) is 0 Å². The van der Waals surface area contributed by atoms with E-state index < -0.39 is 26.3 Å². The zero-order valence-electron chi connectivity index (χ0n) is 14.0. The maximum atomic E-state index is 13.7. The van der Waals surface area contributed by atoms with E-state index in [9.17, 15) is 22.4 Å². The molecule has 1 N–H and O–H groups in total. The van der Waals surface area contributed by atoms with Gasteiger partial charge in [0.05, 0.1) is 5.56 Å². The van der Waals surface area contributed by atoms with Gasteiger partial charge in [-0.2, -0.15) is 0 Å². The molecule has 0 unspecified atom stereocenters. The summed E-state index contributed by atoms with van der Waals surface area (Å²) in [6, 6.07) is 5.68. The Hall–Kier alpha value is -1.96. The van der Waals surface area contributed by atoms with Gasteiger partial charge in [0.1, 0.15) is 5.82 Å². The number of hydrogen-bond acceptors (Lipinski definition) is 4. The van der Waals surface area contributed by atoms with Gasteiger partial charge in [0.15, 0.2) is 14.6 Å². The third kappa shape index (κ3) is 3.40. The van der Waals surface area contributed by atoms with Crippen molar-refractivity contribution in [1.82, 2.24) is 10.2 Å². The average molecular weight is 368 g/mol. The number of carbonyl (C=O) groups is 2. The minimum absolute atomic E-state index is 0.0407. The predicted molar refractivity (Wildman–Crippen MR) is 90.3 cm³/mol. The van der Waals surface area contributed by atoms with Crippen LogP contribution in [0.3, 0.4) is 0 Å². The first-order chi connectivity index (χ1) is 11.7. The molecule has 1 saturated heterocycles. The number of rotatable bonds is 4. The van der Waals surface area contributed by atoms with Gasteiger partial charge in [-0.1, -0.05) is 12.1 Å². The number of benzene rings is 1. The number of amides is 2. The number of halogens is 1. The molecule has 2 amide bonds. The summed E-state index contributed by atoms with van der Waals surface area (Å²) in [5.41, 5.74) is 0.0407. The molecule has 1 aliphatic heterocycles. The number of piperidine rings is 1. The van der Waals surface area contributed by atoms with Crippen LogP contribution >= 0.6 is 0 Å². The fourth-order valence-corrected chi connectivity index (χ4v) is 4.47. The van der Waals surface area contributed by atoms with Crippen molar-refractivity contribution in [2.45, 2.75) is 36.5 Å². The Morgan fingerprint density at radius 1 is 1.20 bits per heavy atom. The molecule has 1 aliphatic carbocycles. The molecule has 1 aromatic carbocycles. The second-order valence-electron chi connectivity index (χ2n) is 6.79. The number of sulfone groups is 1. The molecular formula is C17H21FN2O4S. The number of nitrogens with zero attached hydrogens (tertiary/aromatic N) is 1. The highest BCUT2D eigenvalue weighted by Gasteiger charge is 2.58. The normalized spacial score (nSPS) is 20.2. The second-order valence-corrected chi connectivity index (χ2v) is 9.11. The van der Waals surface area contributed by atoms with Gasteiger partial charge in [0, 0.05) is 25.4 Å². The summed E-state index contributed by atoms with van der Waals surface area (Å²) in [4.78, 5) is 26.2. The van der Waals surface area contributed by atoms with E-state index in [1.807, 2.05) is 0 Å². The molecule has 2 aliphatic rings. The molecule has 25 heavy (non-hydrogen) atoms. The molecule has 0 radical (unpaired) electrons. The molecule has 2 fully saturated rings. The zero-order valence-corrected chi connectivity index (χ0v) is 14.8. The van der Waals surface area contributed by atoms with Gasteiger partial charge in [0.2, 0.25) is 5.91 Å². The molecule has 1 aromatic rings. The highest BCUT2D eigenvalue weighted by molar-refractivity contribution is 7.93. The number of likely N-dealkylation sites (tertiary alicyclic amines) is 1. The van der Waals surface area contributed by atoms with Crippen molar-refractivity contribution in [2.24, 2.45) is 0 Å². The Bertz CT molecular complexity index is 797. The van der Waals surface area contributed by atoms with Crippen molar-refractivity contribution >= 4 is 21.7 Å². The molecule has 8 heteroatoms. The molecule has 0 bridgehead atoms. The Labute approximate surface area is 146 Å². The molecule has 0 atom stereocenters. The van der Waals surface area contributed by atoms with Crippen molar-refractivity contribution in [3.8, 4) is 0 Å². The van der Waals surface area contributed by atoms with Gasteiger partial charge in [-0.3, -0.25) is 9.59 Å². The minimum atomic E-state index is -3.42. The van der Waals surface area contributed by atoms with E-state index in [-0.39, 0.29) is 17.5 Å². The van der Waals surface area contributed by atoms with Crippen LogP contribution in [0.25, 0.3) is 0 Å². The van der Waals surface area contributed by atoms with Crippen LogP contribution in [0.4, 0.5) is 4.39 Å². The highest BCUT2D eigenvalue weighted by atomic mass is 32.2. The van der Waals surface area contributed by atoms with Gasteiger partial charge in [-0.25, -0.2) is 12.8 Å². The van der Waals surface area contributed by atoms with Crippen LogP contribution < -0.4 is 5.32 Å². The molecule has 0 spiro atoms. The Kier molecular flexibility index (Phi) is 4.57. The van der Waals surface area contributed by atoms with Crippen molar-refractivity contribution in [2.75, 3.05) is 19.3 Å². The maximum Gasteiger partial charge on any atom is 0.256 e. The molecule has 6 nitrogen and oxygen atoms in total. The summed E-state index contributed by atoms with van der Waals surface area (Å²) >= 11 is 0. The van der Waals surface area contributed by atoms with Gasteiger partial charge in [-0.15, -0.1) is 0 Å². The monoisotopic (exact) mass is 368 g/mol. The van der Waals surface area contributed by atoms with Gasteiger partial charge >= 0.3 is 0 Å². The van der Waals surface area contributed by atoms with Crippen molar-refractivity contribution in [1.29, 1.82) is 0 Å². The molecular weight excluding hydrogens is 347 g/mol. The molecule has 0 aromatic heterocycles. The van der Waals surface area contributed by atoms with Crippen LogP contribution in [-0.2, 0) is 14.6 Å². The molecule has 136 valence electrons. The third-order valence-electron chi connectivity index (χ3n) is 5.05. The Morgan fingerprint density at radius 2 is 1.80 bits per heavy atom. The van der Waals surface area contributed by atoms with Gasteiger partial charge in [-0.05, 0) is 37.8 Å². The lowest BCUT2D eigenvalue weighted by Gasteiger charge is -2.33. The van der Waals surface area contributed by atoms with E-state index in [1.165, 1.54) is 18.2 Å². The first-order valence-electron chi connectivity index (χ1n) is 8.29. The summed E-state index contributed by atoms with van der Waals surface area (Å²) in [7, 11) is -3.42. The first kappa shape index (κ1) is 17.8. The number of hydrogen-bond donors (Lipinski definition) is 1. The smallest absolute Gasteiger partial charge is 0.256 e. The first-order valence-corrected chi connectivity index (χ1v) is 10.2. The standard InChI is InChI=1S/C17H21FN2O4S/c1-25(23,24)17(8-9-17)16(22)19-12-6-10-20(11-7-12)15(21)13-4-2-3-5-14(13)18/h2-5,12H,6-11H2,1H3,(H,19,22). The average Bonchev–Trinajstić information content (AvgIpc) is 3.37. The van der Waals surface area contributed by atoms with E-state index in [0.29, 0.717) is 38.8 Å². The third-order valence-corrected chi connectivity index (χ3v) is 7.06. The Balaban J connectivity index is 1.57. The topological polar surface area (TPSA) is 83.6 Å². The van der Waals surface area contributed by atoms with E-state index in [0.717, 1.165) is 6.26 Å². The molecule has 1 heterocycles. The van der Waals surface area contributed by atoms with E-state index in [4.69, 9.17) is 0 Å². The number of carbonyl (C=O) groups excluding carboxylic acids is 2. The van der Waals surface area contributed by atoms with Crippen LogP contribution in [0.1, 0.15) is 36.0 Å². The fourth-order valence-electron chi connectivity index (χ4n) is 3.23. The molecule has 1 saturated carbocycles. The van der Waals surface area contributed by atoms with Crippen LogP contribution in [0, 0.1) is 5.82 Å². The van der Waals surface area contributed by atoms with Crippen molar-refractivity contribution in [3.05, 3.63) is 35.6 Å². The highest BCUT2D eigenvalue weighted by Crippen LogP contribution is 2.43. The summed E-state index contributed by atoms with van der Waals surface area (Å²) in [5.74, 6) is -1.35. The van der Waals surface area contributed by atoms with Crippen LogP contribution in [0.2, 0.25) is 0 Å².